The summed E-state index contributed by atoms with van der Waals surface area (Å²) < 4.78 is 30.9. The molecule has 1 fully saturated rings. The molecular formula is C11H17N3O5S. The second-order valence-electron chi connectivity index (χ2n) is 4.49. The van der Waals surface area contributed by atoms with Gasteiger partial charge in [-0.05, 0) is 19.8 Å². The molecule has 20 heavy (non-hydrogen) atoms. The van der Waals surface area contributed by atoms with Gasteiger partial charge in [-0.2, -0.15) is 9.40 Å². The Balaban J connectivity index is 2.30. The number of aromatic amines is 1. The van der Waals surface area contributed by atoms with E-state index in [0.29, 0.717) is 19.4 Å². The van der Waals surface area contributed by atoms with Crippen LogP contribution in [0.25, 0.3) is 0 Å². The lowest BCUT2D eigenvalue weighted by atomic mass is 10.1. The molecular weight excluding hydrogens is 286 g/mol. The van der Waals surface area contributed by atoms with E-state index in [1.54, 1.807) is 6.92 Å². The zero-order chi connectivity index (χ0) is 14.8. The van der Waals surface area contributed by atoms with Gasteiger partial charge in [-0.1, -0.05) is 0 Å². The van der Waals surface area contributed by atoms with Crippen molar-refractivity contribution in [2.75, 3.05) is 19.7 Å². The molecule has 1 aromatic heterocycles. The molecule has 9 heteroatoms. The number of nitrogens with one attached hydrogen (secondary N) is 1. The van der Waals surface area contributed by atoms with Gasteiger partial charge in [0, 0.05) is 13.1 Å². The second kappa shape index (κ2) is 5.90. The van der Waals surface area contributed by atoms with Gasteiger partial charge in [0.2, 0.25) is 0 Å². The van der Waals surface area contributed by atoms with Gasteiger partial charge in [0.1, 0.15) is 5.56 Å². The molecule has 112 valence electrons. The van der Waals surface area contributed by atoms with E-state index in [9.17, 15) is 18.3 Å². The summed E-state index contributed by atoms with van der Waals surface area (Å²) in [4.78, 5) is 11.7. The highest BCUT2D eigenvalue weighted by Gasteiger charge is 2.34. The number of esters is 1. The molecule has 2 heterocycles. The zero-order valence-corrected chi connectivity index (χ0v) is 11.9. The number of nitrogens with zero attached hydrogens (tertiary/aromatic N) is 2. The maximum absolute atomic E-state index is 12.5. The summed E-state index contributed by atoms with van der Waals surface area (Å²) in [5.74, 6) is -0.739. The molecule has 0 spiro atoms. The van der Waals surface area contributed by atoms with Gasteiger partial charge in [0.25, 0.3) is 10.0 Å². The quantitative estimate of drug-likeness (QED) is 0.741. The Morgan fingerprint density at radius 3 is 3.05 bits per heavy atom. The van der Waals surface area contributed by atoms with E-state index in [-0.39, 0.29) is 23.7 Å². The number of hydrogen-bond acceptors (Lipinski definition) is 6. The number of carbonyl (C=O) groups excluding carboxylic acids is 1. The van der Waals surface area contributed by atoms with Gasteiger partial charge in [0.05, 0.1) is 18.9 Å². The Morgan fingerprint density at radius 2 is 2.40 bits per heavy atom. The fraction of sp³-hybridized carbons (Fsp3) is 0.636. The first-order valence-corrected chi connectivity index (χ1v) is 7.79. The smallest absolute Gasteiger partial charge is 0.342 e. The predicted molar refractivity (Wildman–Crippen MR) is 68.5 cm³/mol. The van der Waals surface area contributed by atoms with E-state index in [2.05, 4.69) is 10.2 Å². The van der Waals surface area contributed by atoms with Gasteiger partial charge in [0.15, 0.2) is 5.03 Å². The van der Waals surface area contributed by atoms with Gasteiger partial charge in [-0.25, -0.2) is 13.2 Å². The molecule has 0 aromatic carbocycles. The lowest BCUT2D eigenvalue weighted by Crippen LogP contribution is -2.42. The van der Waals surface area contributed by atoms with Crippen LogP contribution >= 0.6 is 0 Å². The first kappa shape index (κ1) is 14.9. The third-order valence-corrected chi connectivity index (χ3v) is 4.90. The number of aromatic nitrogens is 2. The van der Waals surface area contributed by atoms with Crippen molar-refractivity contribution in [1.82, 2.24) is 14.5 Å². The van der Waals surface area contributed by atoms with Crippen molar-refractivity contribution in [3.05, 3.63) is 11.8 Å². The fourth-order valence-electron chi connectivity index (χ4n) is 2.09. The molecule has 0 amide bonds. The van der Waals surface area contributed by atoms with Crippen LogP contribution < -0.4 is 0 Å². The minimum Gasteiger partial charge on any atom is -0.462 e. The van der Waals surface area contributed by atoms with Crippen molar-refractivity contribution in [2.45, 2.75) is 30.9 Å². The average molecular weight is 303 g/mol. The predicted octanol–water partition coefficient (Wildman–Crippen LogP) is -0.268. The van der Waals surface area contributed by atoms with Crippen LogP contribution in [-0.2, 0) is 14.8 Å². The molecule has 0 radical (unpaired) electrons. The highest BCUT2D eigenvalue weighted by Crippen LogP contribution is 2.22. The number of sulfonamides is 1. The molecule has 1 atom stereocenters. The third kappa shape index (κ3) is 2.84. The minimum atomic E-state index is -3.89. The SMILES string of the molecule is CCOC(=O)c1cn[nH]c1S(=O)(=O)N1CCC[C@H](O)C1. The Bertz CT molecular complexity index is 583. The molecule has 1 aliphatic heterocycles. The Labute approximate surface area is 116 Å². The normalized spacial score (nSPS) is 20.8. The fourth-order valence-corrected chi connectivity index (χ4v) is 3.67. The van der Waals surface area contributed by atoms with E-state index < -0.39 is 22.1 Å². The number of aliphatic hydroxyl groups excluding tert-OH is 1. The standard InChI is InChI=1S/C11H17N3O5S/c1-2-19-11(16)9-6-12-13-10(9)20(17,18)14-5-3-4-8(15)7-14/h6,8,15H,2-5,7H2,1H3,(H,12,13)/t8-/m0/s1. The van der Waals surface area contributed by atoms with Crippen molar-refractivity contribution in [1.29, 1.82) is 0 Å². The minimum absolute atomic E-state index is 0.0175. The number of aliphatic hydroxyl groups is 1. The lowest BCUT2D eigenvalue weighted by Gasteiger charge is -2.28. The summed E-state index contributed by atoms with van der Waals surface area (Å²) in [5, 5.41) is 15.2. The summed E-state index contributed by atoms with van der Waals surface area (Å²) >= 11 is 0. The summed E-state index contributed by atoms with van der Waals surface area (Å²) in [5.41, 5.74) is -0.119. The van der Waals surface area contributed by atoms with Crippen LogP contribution in [0.15, 0.2) is 11.2 Å². The number of ether oxygens (including phenoxy) is 1. The van der Waals surface area contributed by atoms with E-state index in [1.807, 2.05) is 0 Å². The van der Waals surface area contributed by atoms with Crippen molar-refractivity contribution in [3.8, 4) is 0 Å². The van der Waals surface area contributed by atoms with Gasteiger partial charge in [-0.3, -0.25) is 5.10 Å². The largest absolute Gasteiger partial charge is 0.462 e. The highest BCUT2D eigenvalue weighted by molar-refractivity contribution is 7.89. The van der Waals surface area contributed by atoms with Crippen LogP contribution in [0.2, 0.25) is 0 Å². The number of β-amino-alcohol motifs (C(OH)–C–C–N with tert-alkyl or cyclic N) is 1. The highest BCUT2D eigenvalue weighted by atomic mass is 32.2. The third-order valence-electron chi connectivity index (χ3n) is 3.06. The topological polar surface area (TPSA) is 113 Å². The van der Waals surface area contributed by atoms with Gasteiger partial charge in [-0.15, -0.1) is 0 Å². The molecule has 8 nitrogen and oxygen atoms in total. The molecule has 1 aromatic rings. The Hall–Kier alpha value is -1.45. The van der Waals surface area contributed by atoms with Crippen LogP contribution in [0, 0.1) is 0 Å². The monoisotopic (exact) mass is 303 g/mol. The number of carbonyl (C=O) groups is 1. The molecule has 2 N–H and O–H groups in total. The van der Waals surface area contributed by atoms with Gasteiger partial charge < -0.3 is 9.84 Å². The summed E-state index contributed by atoms with van der Waals surface area (Å²) in [7, 11) is -3.89. The summed E-state index contributed by atoms with van der Waals surface area (Å²) in [6.45, 7) is 2.10. The lowest BCUT2D eigenvalue weighted by molar-refractivity contribution is 0.0521. The number of H-pyrrole nitrogens is 1. The van der Waals surface area contributed by atoms with E-state index in [0.717, 1.165) is 10.5 Å². The molecule has 2 rings (SSSR count). The molecule has 0 bridgehead atoms. The van der Waals surface area contributed by atoms with Gasteiger partial charge >= 0.3 is 5.97 Å². The van der Waals surface area contributed by atoms with Crippen molar-refractivity contribution < 1.29 is 23.1 Å². The molecule has 1 aliphatic rings. The number of piperidine rings is 1. The maximum Gasteiger partial charge on any atom is 0.342 e. The van der Waals surface area contributed by atoms with Crippen LogP contribution in [0.5, 0.6) is 0 Å². The molecule has 1 saturated heterocycles. The number of rotatable bonds is 4. The van der Waals surface area contributed by atoms with Crippen LogP contribution in [0.1, 0.15) is 30.1 Å². The van der Waals surface area contributed by atoms with Crippen molar-refractivity contribution >= 4 is 16.0 Å². The Kier molecular flexibility index (Phi) is 4.41. The van der Waals surface area contributed by atoms with Crippen LogP contribution in [0.3, 0.4) is 0 Å². The molecule has 0 saturated carbocycles. The zero-order valence-electron chi connectivity index (χ0n) is 11.1. The second-order valence-corrected chi connectivity index (χ2v) is 6.37. The van der Waals surface area contributed by atoms with Crippen molar-refractivity contribution in [2.24, 2.45) is 0 Å². The summed E-state index contributed by atoms with van der Waals surface area (Å²) in [6.07, 6.45) is 1.58. The molecule has 0 unspecified atom stereocenters. The maximum atomic E-state index is 12.5. The average Bonchev–Trinajstić information content (AvgIpc) is 2.89. The first-order chi connectivity index (χ1) is 9.46. The number of hydrogen-bond donors (Lipinski definition) is 2. The van der Waals surface area contributed by atoms with E-state index in [4.69, 9.17) is 4.74 Å². The van der Waals surface area contributed by atoms with Crippen LogP contribution in [0.4, 0.5) is 0 Å². The van der Waals surface area contributed by atoms with E-state index >= 15 is 0 Å². The van der Waals surface area contributed by atoms with Crippen LogP contribution in [-0.4, -0.2) is 59.8 Å². The Morgan fingerprint density at radius 1 is 1.65 bits per heavy atom. The van der Waals surface area contributed by atoms with Crippen molar-refractivity contribution in [3.63, 3.8) is 0 Å². The summed E-state index contributed by atoms with van der Waals surface area (Å²) in [6, 6.07) is 0. The first-order valence-electron chi connectivity index (χ1n) is 6.35. The molecule has 0 aliphatic carbocycles. The van der Waals surface area contributed by atoms with E-state index in [1.165, 1.54) is 0 Å².